The van der Waals surface area contributed by atoms with Crippen LogP contribution in [-0.4, -0.2) is 36.0 Å². The summed E-state index contributed by atoms with van der Waals surface area (Å²) in [4.78, 5) is 29.3. The molecule has 1 aromatic carbocycles. The van der Waals surface area contributed by atoms with E-state index in [1.165, 1.54) is 24.7 Å². The first kappa shape index (κ1) is 23.9. The number of para-hydroxylation sites is 1. The van der Waals surface area contributed by atoms with Gasteiger partial charge in [0.15, 0.2) is 16.8 Å². The monoisotopic (exact) mass is 529 g/mol. The van der Waals surface area contributed by atoms with Crippen LogP contribution in [0, 0.1) is 16.9 Å². The van der Waals surface area contributed by atoms with E-state index >= 15 is 4.39 Å². The van der Waals surface area contributed by atoms with Crippen molar-refractivity contribution in [3.05, 3.63) is 65.9 Å². The number of fused-ring (bicyclic) bond motifs is 2. The number of aromatic nitrogens is 6. The molecular weight excluding hydrogens is 508 g/mol. The van der Waals surface area contributed by atoms with Crippen LogP contribution in [0.3, 0.4) is 0 Å². The van der Waals surface area contributed by atoms with Crippen LogP contribution >= 0.6 is 11.3 Å². The van der Waals surface area contributed by atoms with Crippen LogP contribution in [0.2, 0.25) is 0 Å². The number of rotatable bonds is 6. The molecule has 0 bridgehead atoms. The smallest absolute Gasteiger partial charge is 0.224 e. The Hall–Kier alpha value is -4.51. The summed E-state index contributed by atoms with van der Waals surface area (Å²) < 4.78 is 29.7. The first-order valence-electron chi connectivity index (χ1n) is 11.9. The summed E-state index contributed by atoms with van der Waals surface area (Å²) in [5, 5.41) is 9.87. The molecular formula is C27H21F2N7OS. The van der Waals surface area contributed by atoms with Crippen molar-refractivity contribution < 1.29 is 13.6 Å². The molecule has 0 unspecified atom stereocenters. The van der Waals surface area contributed by atoms with Gasteiger partial charge in [-0.3, -0.25) is 19.9 Å². The van der Waals surface area contributed by atoms with E-state index in [0.717, 1.165) is 21.8 Å². The predicted octanol–water partition coefficient (Wildman–Crippen LogP) is 6.55. The number of halogens is 2. The van der Waals surface area contributed by atoms with Crippen molar-refractivity contribution in [2.75, 3.05) is 5.32 Å². The fourth-order valence-corrected chi connectivity index (χ4v) is 5.13. The van der Waals surface area contributed by atoms with E-state index in [-0.39, 0.29) is 33.7 Å². The van der Waals surface area contributed by atoms with E-state index in [0.29, 0.717) is 40.0 Å². The van der Waals surface area contributed by atoms with Gasteiger partial charge in [-0.15, -0.1) is 11.3 Å². The molecule has 3 N–H and O–H groups in total. The number of hydrogen-bond acceptors (Lipinski definition) is 6. The van der Waals surface area contributed by atoms with Gasteiger partial charge >= 0.3 is 0 Å². The Morgan fingerprint density at radius 2 is 1.95 bits per heavy atom. The van der Waals surface area contributed by atoms with Crippen LogP contribution in [0.1, 0.15) is 20.3 Å². The SMILES string of the molecule is CC(C)CC(=O)Nc1cncc(-c2ncc3[nH]nc(-c4nc5c(-c6ccc(F)s6)cccc5[nH]4)c3c2F)c1. The quantitative estimate of drug-likeness (QED) is 0.226. The number of amides is 1. The molecule has 8 nitrogen and oxygen atoms in total. The minimum absolute atomic E-state index is 0.0680. The largest absolute Gasteiger partial charge is 0.337 e. The summed E-state index contributed by atoms with van der Waals surface area (Å²) in [5.74, 6) is -0.179. The van der Waals surface area contributed by atoms with Crippen LogP contribution in [0.15, 0.2) is 55.0 Å². The fourth-order valence-electron chi connectivity index (χ4n) is 4.37. The van der Waals surface area contributed by atoms with Crippen molar-refractivity contribution in [1.29, 1.82) is 0 Å². The second kappa shape index (κ2) is 9.42. The van der Waals surface area contributed by atoms with Gasteiger partial charge < -0.3 is 10.3 Å². The Bertz CT molecular complexity index is 1820. The van der Waals surface area contributed by atoms with Crippen LogP contribution < -0.4 is 5.32 Å². The van der Waals surface area contributed by atoms with E-state index in [2.05, 4.69) is 30.5 Å². The molecule has 6 rings (SSSR count). The van der Waals surface area contributed by atoms with E-state index in [1.807, 2.05) is 32.0 Å². The fraction of sp³-hybridized carbons (Fsp3) is 0.148. The van der Waals surface area contributed by atoms with E-state index < -0.39 is 5.82 Å². The average molecular weight is 530 g/mol. The molecule has 5 heterocycles. The number of imidazole rings is 1. The number of carbonyl (C=O) groups is 1. The van der Waals surface area contributed by atoms with Crippen LogP contribution in [0.4, 0.5) is 14.5 Å². The summed E-state index contributed by atoms with van der Waals surface area (Å²) in [6.45, 7) is 3.91. The van der Waals surface area contributed by atoms with Gasteiger partial charge in [0.2, 0.25) is 5.91 Å². The number of thiophene rings is 1. The van der Waals surface area contributed by atoms with Crippen molar-refractivity contribution in [3.63, 3.8) is 0 Å². The van der Waals surface area contributed by atoms with Crippen molar-refractivity contribution in [3.8, 4) is 33.2 Å². The van der Waals surface area contributed by atoms with Crippen molar-refractivity contribution in [1.82, 2.24) is 30.1 Å². The Morgan fingerprint density at radius 3 is 2.74 bits per heavy atom. The maximum absolute atomic E-state index is 16.0. The molecule has 0 aliphatic rings. The van der Waals surface area contributed by atoms with E-state index in [4.69, 9.17) is 4.98 Å². The predicted molar refractivity (Wildman–Crippen MR) is 144 cm³/mol. The number of nitrogens with one attached hydrogen (secondary N) is 3. The zero-order valence-corrected chi connectivity index (χ0v) is 21.2. The lowest BCUT2D eigenvalue weighted by Gasteiger charge is -2.09. The van der Waals surface area contributed by atoms with Crippen molar-refractivity contribution in [2.45, 2.75) is 20.3 Å². The minimum atomic E-state index is -0.597. The van der Waals surface area contributed by atoms with Gasteiger partial charge in [-0.25, -0.2) is 9.37 Å². The van der Waals surface area contributed by atoms with Gasteiger partial charge in [0.05, 0.1) is 40.0 Å². The third-order valence-electron chi connectivity index (χ3n) is 6.01. The maximum Gasteiger partial charge on any atom is 0.224 e. The molecule has 1 amide bonds. The first-order valence-corrected chi connectivity index (χ1v) is 12.7. The molecule has 0 aliphatic heterocycles. The number of anilines is 1. The number of nitrogens with zero attached hydrogens (tertiary/aromatic N) is 4. The summed E-state index contributed by atoms with van der Waals surface area (Å²) in [5.41, 5.74) is 3.73. The number of aromatic amines is 2. The average Bonchev–Trinajstić information content (AvgIpc) is 3.61. The molecule has 0 spiro atoms. The molecule has 0 saturated carbocycles. The molecule has 0 aliphatic carbocycles. The standard InChI is InChI=1S/C27H21F2N7OS/c1-13(2)8-21(37)32-15-9-14(10-30-11-15)24-23(29)22-18(12-31-24)35-36-26(22)27-33-17-5-3-4-16(25(17)34-27)19-6-7-20(28)38-19/h3-7,9-13H,8H2,1-2H3,(H,32,37)(H,33,34)(H,35,36). The summed E-state index contributed by atoms with van der Waals surface area (Å²) in [6.07, 6.45) is 4.86. The molecule has 0 radical (unpaired) electrons. The highest BCUT2D eigenvalue weighted by Gasteiger charge is 2.21. The van der Waals surface area contributed by atoms with Gasteiger partial charge in [-0.2, -0.15) is 9.49 Å². The first-order chi connectivity index (χ1) is 18.4. The second-order valence-corrected chi connectivity index (χ2v) is 10.3. The van der Waals surface area contributed by atoms with Gasteiger partial charge in [0.25, 0.3) is 0 Å². The summed E-state index contributed by atoms with van der Waals surface area (Å²) >= 11 is 1.03. The Kier molecular flexibility index (Phi) is 5.91. The van der Waals surface area contributed by atoms with E-state index in [1.54, 1.807) is 12.1 Å². The van der Waals surface area contributed by atoms with Gasteiger partial charge in [0.1, 0.15) is 11.4 Å². The van der Waals surface area contributed by atoms with Gasteiger partial charge in [0, 0.05) is 28.6 Å². The summed E-state index contributed by atoms with van der Waals surface area (Å²) in [6, 6.07) is 10.3. The van der Waals surface area contributed by atoms with Crippen molar-refractivity contribution >= 4 is 44.9 Å². The molecule has 38 heavy (non-hydrogen) atoms. The number of hydrogen-bond donors (Lipinski definition) is 3. The zero-order chi connectivity index (χ0) is 26.4. The number of H-pyrrole nitrogens is 2. The van der Waals surface area contributed by atoms with Gasteiger partial charge in [-0.05, 0) is 30.2 Å². The topological polar surface area (TPSA) is 112 Å². The molecule has 0 saturated heterocycles. The molecule has 6 aromatic rings. The van der Waals surface area contributed by atoms with Crippen LogP contribution in [0.25, 0.3) is 55.2 Å². The molecule has 5 aromatic heterocycles. The Labute approximate surface area is 219 Å². The highest BCUT2D eigenvalue weighted by molar-refractivity contribution is 7.14. The summed E-state index contributed by atoms with van der Waals surface area (Å²) in [7, 11) is 0. The lowest BCUT2D eigenvalue weighted by molar-refractivity contribution is -0.116. The number of benzene rings is 1. The lowest BCUT2D eigenvalue weighted by atomic mass is 10.1. The van der Waals surface area contributed by atoms with Crippen LogP contribution in [0.5, 0.6) is 0 Å². The molecule has 0 atom stereocenters. The van der Waals surface area contributed by atoms with Gasteiger partial charge in [-0.1, -0.05) is 26.0 Å². The second-order valence-electron chi connectivity index (χ2n) is 9.28. The maximum atomic E-state index is 16.0. The Morgan fingerprint density at radius 1 is 1.08 bits per heavy atom. The molecule has 11 heteroatoms. The number of carbonyl (C=O) groups excluding carboxylic acids is 1. The Balaban J connectivity index is 1.42. The molecule has 0 fully saturated rings. The number of pyridine rings is 2. The normalized spacial score (nSPS) is 11.6. The highest BCUT2D eigenvalue weighted by atomic mass is 32.1. The third kappa shape index (κ3) is 4.30. The highest BCUT2D eigenvalue weighted by Crippen LogP contribution is 2.36. The minimum Gasteiger partial charge on any atom is -0.337 e. The van der Waals surface area contributed by atoms with Crippen LogP contribution in [-0.2, 0) is 4.79 Å². The zero-order valence-electron chi connectivity index (χ0n) is 20.3. The van der Waals surface area contributed by atoms with E-state index in [9.17, 15) is 9.18 Å². The molecule has 190 valence electrons. The lowest BCUT2D eigenvalue weighted by Crippen LogP contribution is -2.14. The van der Waals surface area contributed by atoms with Crippen molar-refractivity contribution in [2.24, 2.45) is 5.92 Å². The third-order valence-corrected chi connectivity index (χ3v) is 6.92.